The summed E-state index contributed by atoms with van der Waals surface area (Å²) in [6, 6.07) is 24.2. The van der Waals surface area contributed by atoms with E-state index in [4.69, 9.17) is 4.74 Å². The second-order valence-corrected chi connectivity index (χ2v) is 7.19. The third-order valence-electron chi connectivity index (χ3n) is 5.14. The van der Waals surface area contributed by atoms with Gasteiger partial charge in [-0.2, -0.15) is 5.26 Å². The van der Waals surface area contributed by atoms with Gasteiger partial charge < -0.3 is 14.6 Å². The van der Waals surface area contributed by atoms with Gasteiger partial charge >= 0.3 is 5.97 Å². The summed E-state index contributed by atoms with van der Waals surface area (Å²) in [7, 11) is 0. The number of hydrogen-bond acceptors (Lipinski definition) is 4. The summed E-state index contributed by atoms with van der Waals surface area (Å²) in [5, 5.41) is 13.2. The van der Waals surface area contributed by atoms with Gasteiger partial charge in [-0.25, -0.2) is 4.79 Å². The van der Waals surface area contributed by atoms with Gasteiger partial charge in [0.05, 0.1) is 23.3 Å². The molecule has 0 aliphatic rings. The lowest BCUT2D eigenvalue weighted by Crippen LogP contribution is -2.22. The van der Waals surface area contributed by atoms with Crippen molar-refractivity contribution >= 4 is 22.8 Å². The molecule has 4 rings (SSSR count). The summed E-state index contributed by atoms with van der Waals surface area (Å²) in [5.74, 6) is -0.577. The van der Waals surface area contributed by atoms with Crippen LogP contribution in [0, 0.1) is 11.3 Å². The average Bonchev–Trinajstić information content (AvgIpc) is 3.21. The number of ether oxygens (including phenoxy) is 1. The molecule has 0 aliphatic carbocycles. The van der Waals surface area contributed by atoms with Crippen LogP contribution >= 0.6 is 0 Å². The fraction of sp³-hybridized carbons (Fsp3) is 0.148. The molecular weight excluding hydrogens is 414 g/mol. The second kappa shape index (κ2) is 10.3. The van der Waals surface area contributed by atoms with E-state index >= 15 is 0 Å². The van der Waals surface area contributed by atoms with Crippen molar-refractivity contribution in [1.82, 2.24) is 9.88 Å². The van der Waals surface area contributed by atoms with Gasteiger partial charge in [0, 0.05) is 29.4 Å². The molecule has 1 heterocycles. The first kappa shape index (κ1) is 23.3. The van der Waals surface area contributed by atoms with Crippen LogP contribution < -0.4 is 5.32 Å². The molecule has 33 heavy (non-hydrogen) atoms. The number of fused-ring (bicyclic) bond motifs is 1. The smallest absolute Gasteiger partial charge is 0.338 e. The first-order chi connectivity index (χ1) is 15.6. The van der Waals surface area contributed by atoms with Crippen molar-refractivity contribution in [1.29, 1.82) is 5.26 Å². The van der Waals surface area contributed by atoms with Crippen LogP contribution in [-0.2, 0) is 11.3 Å². The van der Waals surface area contributed by atoms with Crippen molar-refractivity contribution in [3.05, 3.63) is 101 Å². The van der Waals surface area contributed by atoms with Crippen LogP contribution in [0.3, 0.4) is 0 Å². The first-order valence-corrected chi connectivity index (χ1v) is 10.3. The minimum absolute atomic E-state index is 0. The van der Waals surface area contributed by atoms with Gasteiger partial charge in [-0.15, -0.1) is 0 Å². The van der Waals surface area contributed by atoms with Gasteiger partial charge in [-0.1, -0.05) is 37.8 Å². The van der Waals surface area contributed by atoms with Crippen molar-refractivity contribution in [3.63, 3.8) is 0 Å². The van der Waals surface area contributed by atoms with Crippen LogP contribution in [0.2, 0.25) is 0 Å². The van der Waals surface area contributed by atoms with Gasteiger partial charge in [0.15, 0.2) is 0 Å². The summed E-state index contributed by atoms with van der Waals surface area (Å²) in [5.41, 5.74) is 4.02. The summed E-state index contributed by atoms with van der Waals surface area (Å²) < 4.78 is 6.89. The lowest BCUT2D eigenvalue weighted by atomic mass is 10.1. The Bertz CT molecular complexity index is 1320. The summed E-state index contributed by atoms with van der Waals surface area (Å²) in [6.07, 6.45) is 1.73. The molecule has 0 unspecified atom stereocenters. The molecule has 0 radical (unpaired) electrons. The molecule has 1 N–H and O–H groups in total. The van der Waals surface area contributed by atoms with E-state index in [1.54, 1.807) is 49.5 Å². The van der Waals surface area contributed by atoms with Crippen molar-refractivity contribution in [2.24, 2.45) is 0 Å². The maximum absolute atomic E-state index is 12.6. The lowest BCUT2D eigenvalue weighted by Gasteiger charge is -2.08. The van der Waals surface area contributed by atoms with E-state index in [1.807, 2.05) is 41.0 Å². The van der Waals surface area contributed by atoms with Gasteiger partial charge in [0.2, 0.25) is 0 Å². The Hall–Kier alpha value is -4.37. The largest absolute Gasteiger partial charge is 0.462 e. The number of aromatic nitrogens is 1. The topological polar surface area (TPSA) is 84.1 Å². The van der Waals surface area contributed by atoms with Crippen LogP contribution in [0.25, 0.3) is 16.6 Å². The number of amides is 1. The molecule has 0 bridgehead atoms. The van der Waals surface area contributed by atoms with E-state index in [-0.39, 0.29) is 19.3 Å². The molecule has 1 amide bonds. The molecule has 6 nitrogen and oxygen atoms in total. The number of carbonyl (C=O) groups excluding carboxylic acids is 2. The van der Waals surface area contributed by atoms with Gasteiger partial charge in [-0.3, -0.25) is 4.79 Å². The maximum atomic E-state index is 12.6. The monoisotopic (exact) mass is 439 g/mol. The number of hydrogen-bond donors (Lipinski definition) is 1. The molecule has 0 aliphatic heterocycles. The number of benzene rings is 3. The van der Waals surface area contributed by atoms with E-state index in [0.29, 0.717) is 35.2 Å². The first-order valence-electron chi connectivity index (χ1n) is 10.3. The van der Waals surface area contributed by atoms with E-state index in [9.17, 15) is 14.9 Å². The molecule has 4 aromatic rings. The molecule has 0 saturated heterocycles. The number of nitrogens with one attached hydrogen (secondary N) is 1. The molecular formula is C27H25N3O3. The summed E-state index contributed by atoms with van der Waals surface area (Å²) >= 11 is 0. The Morgan fingerprint density at radius 3 is 2.36 bits per heavy atom. The highest BCUT2D eigenvalue weighted by molar-refractivity contribution is 6.00. The average molecular weight is 440 g/mol. The highest BCUT2D eigenvalue weighted by Gasteiger charge is 2.14. The zero-order chi connectivity index (χ0) is 22.5. The highest BCUT2D eigenvalue weighted by Crippen LogP contribution is 2.26. The zero-order valence-corrected chi connectivity index (χ0v) is 17.5. The number of nitrogens with zero attached hydrogens (tertiary/aromatic N) is 2. The Kier molecular flexibility index (Phi) is 7.27. The molecule has 0 fully saturated rings. The lowest BCUT2D eigenvalue weighted by molar-refractivity contribution is 0.0526. The van der Waals surface area contributed by atoms with Crippen molar-refractivity contribution < 1.29 is 14.3 Å². The third-order valence-corrected chi connectivity index (χ3v) is 5.14. The van der Waals surface area contributed by atoms with Crippen molar-refractivity contribution in [2.45, 2.75) is 20.9 Å². The summed E-state index contributed by atoms with van der Waals surface area (Å²) in [4.78, 5) is 24.5. The zero-order valence-electron chi connectivity index (χ0n) is 17.5. The number of esters is 1. The molecule has 1 aromatic heterocycles. The van der Waals surface area contributed by atoms with E-state index in [0.717, 1.165) is 16.8 Å². The Morgan fingerprint density at radius 1 is 1.00 bits per heavy atom. The van der Waals surface area contributed by atoms with Crippen LogP contribution in [-0.4, -0.2) is 23.1 Å². The Morgan fingerprint density at radius 2 is 1.70 bits per heavy atom. The third kappa shape index (κ3) is 4.94. The minimum atomic E-state index is -0.375. The quantitative estimate of drug-likeness (QED) is 0.416. The molecule has 0 atom stereocenters. The molecule has 166 valence electrons. The summed E-state index contributed by atoms with van der Waals surface area (Å²) in [6.45, 7) is 2.50. The number of nitriles is 1. The molecule has 0 spiro atoms. The van der Waals surface area contributed by atoms with Crippen molar-refractivity contribution in [2.75, 3.05) is 6.61 Å². The van der Waals surface area contributed by atoms with Crippen LogP contribution in [0.15, 0.2) is 79.0 Å². The van der Waals surface area contributed by atoms with Gasteiger partial charge in [0.25, 0.3) is 5.91 Å². The SMILES string of the molecule is C.CCOC(=O)c1ccc(-n2cc(C#N)c3cc(C(=O)NCc4ccccc4)ccc32)cc1. The molecule has 3 aromatic carbocycles. The second-order valence-electron chi connectivity index (χ2n) is 7.19. The van der Waals surface area contributed by atoms with Crippen LogP contribution in [0.5, 0.6) is 0 Å². The van der Waals surface area contributed by atoms with Gasteiger partial charge in [0.1, 0.15) is 6.07 Å². The normalized spacial score (nSPS) is 10.2. The Balaban J connectivity index is 0.00000306. The molecule has 6 heteroatoms. The number of carbonyl (C=O) groups is 2. The van der Waals surface area contributed by atoms with Crippen LogP contribution in [0.4, 0.5) is 0 Å². The van der Waals surface area contributed by atoms with Crippen LogP contribution in [0.1, 0.15) is 46.2 Å². The highest BCUT2D eigenvalue weighted by atomic mass is 16.5. The predicted molar refractivity (Wildman–Crippen MR) is 128 cm³/mol. The fourth-order valence-electron chi connectivity index (χ4n) is 3.53. The van der Waals surface area contributed by atoms with Gasteiger partial charge in [-0.05, 0) is 55.0 Å². The minimum Gasteiger partial charge on any atom is -0.462 e. The fourth-order valence-corrected chi connectivity index (χ4v) is 3.53. The van der Waals surface area contributed by atoms with E-state index in [2.05, 4.69) is 11.4 Å². The van der Waals surface area contributed by atoms with Crippen molar-refractivity contribution in [3.8, 4) is 11.8 Å². The maximum Gasteiger partial charge on any atom is 0.338 e. The predicted octanol–water partition coefficient (Wildman–Crippen LogP) is 5.24. The van der Waals surface area contributed by atoms with E-state index < -0.39 is 0 Å². The standard InChI is InChI=1S/C26H21N3O3.CH4/c1-2-32-26(31)19-8-11-22(12-9-19)29-17-21(15-27)23-14-20(10-13-24(23)29)25(30)28-16-18-6-4-3-5-7-18;/h3-14,17H,2,16H2,1H3,(H,28,30);1H4. The molecule has 0 saturated carbocycles. The Labute approximate surface area is 193 Å². The van der Waals surface area contributed by atoms with E-state index in [1.165, 1.54) is 0 Å². The number of rotatable bonds is 6.